The van der Waals surface area contributed by atoms with E-state index in [4.69, 9.17) is 4.74 Å². The summed E-state index contributed by atoms with van der Waals surface area (Å²) in [7, 11) is 0. The Kier molecular flexibility index (Phi) is 4.76. The number of hydrogen-bond donors (Lipinski definition) is 0. The summed E-state index contributed by atoms with van der Waals surface area (Å²) in [5, 5.41) is 10.7. The minimum atomic E-state index is -0.846. The van der Waals surface area contributed by atoms with Gasteiger partial charge in [0.05, 0.1) is 4.92 Å². The van der Waals surface area contributed by atoms with Gasteiger partial charge in [0, 0.05) is 12.0 Å². The maximum atomic E-state index is 13.4. The molecule has 1 aromatic carbocycles. The first-order valence-electron chi connectivity index (χ1n) is 5.55. The number of ether oxygens (including phenoxy) is 1. The molecular formula is C12H14FNO4. The molecular weight excluding hydrogens is 241 g/mol. The molecule has 0 fully saturated rings. The van der Waals surface area contributed by atoms with Gasteiger partial charge in [-0.25, -0.2) is 4.39 Å². The first-order valence-corrected chi connectivity index (χ1v) is 5.55. The van der Waals surface area contributed by atoms with Crippen LogP contribution in [0.4, 0.5) is 10.1 Å². The normalized spacial score (nSPS) is 11.9. The molecule has 98 valence electrons. The topological polar surface area (TPSA) is 69.4 Å². The average molecular weight is 255 g/mol. The smallest absolute Gasteiger partial charge is 0.314 e. The van der Waals surface area contributed by atoms with Crippen molar-refractivity contribution in [1.82, 2.24) is 0 Å². The van der Waals surface area contributed by atoms with E-state index in [1.54, 1.807) is 6.92 Å². The summed E-state index contributed by atoms with van der Waals surface area (Å²) in [6.07, 6.45) is 0.640. The number of nitrogens with zero attached hydrogens (tertiary/aromatic N) is 1. The first kappa shape index (κ1) is 14.1. The molecule has 18 heavy (non-hydrogen) atoms. The van der Waals surface area contributed by atoms with Crippen molar-refractivity contribution in [2.45, 2.75) is 20.3 Å². The maximum Gasteiger partial charge on any atom is 0.314 e. The molecule has 0 aliphatic heterocycles. The zero-order valence-electron chi connectivity index (χ0n) is 10.2. The number of para-hydroxylation sites is 1. The van der Waals surface area contributed by atoms with Crippen LogP contribution in [0.25, 0.3) is 0 Å². The fourth-order valence-electron chi connectivity index (χ4n) is 1.30. The van der Waals surface area contributed by atoms with Gasteiger partial charge in [0.25, 0.3) is 0 Å². The van der Waals surface area contributed by atoms with E-state index in [-0.39, 0.29) is 18.3 Å². The number of nitro groups is 1. The van der Waals surface area contributed by atoms with E-state index < -0.39 is 22.2 Å². The molecule has 0 saturated heterocycles. The molecule has 5 nitrogen and oxygen atoms in total. The van der Waals surface area contributed by atoms with Crippen LogP contribution in [0.2, 0.25) is 0 Å². The Hall–Kier alpha value is -1.98. The summed E-state index contributed by atoms with van der Waals surface area (Å²) in [5.74, 6) is -1.76. The molecule has 1 unspecified atom stereocenters. The lowest BCUT2D eigenvalue weighted by molar-refractivity contribution is -0.386. The molecule has 0 radical (unpaired) electrons. The third-order valence-electron chi connectivity index (χ3n) is 2.66. The van der Waals surface area contributed by atoms with E-state index in [1.165, 1.54) is 6.07 Å². The maximum absolute atomic E-state index is 13.4. The summed E-state index contributed by atoms with van der Waals surface area (Å²) in [4.78, 5) is 21.5. The largest absolute Gasteiger partial charge is 0.477 e. The van der Waals surface area contributed by atoms with Gasteiger partial charge in [0.2, 0.25) is 5.75 Å². The molecule has 0 aliphatic carbocycles. The predicted octanol–water partition coefficient (Wildman–Crippen LogP) is 2.73. The van der Waals surface area contributed by atoms with Crippen molar-refractivity contribution in [2.75, 3.05) is 6.61 Å². The number of halogens is 1. The summed E-state index contributed by atoms with van der Waals surface area (Å²) < 4.78 is 18.4. The molecule has 0 aliphatic rings. The zero-order chi connectivity index (χ0) is 13.7. The zero-order valence-corrected chi connectivity index (χ0v) is 10.2. The molecule has 1 atom stereocenters. The second-order valence-electron chi connectivity index (χ2n) is 3.91. The summed E-state index contributed by atoms with van der Waals surface area (Å²) in [6, 6.07) is 3.40. The van der Waals surface area contributed by atoms with E-state index in [0.29, 0.717) is 6.42 Å². The lowest BCUT2D eigenvalue weighted by atomic mass is 10.0. The Morgan fingerprint density at radius 1 is 1.56 bits per heavy atom. The number of carbonyl (C=O) groups is 1. The average Bonchev–Trinajstić information content (AvgIpc) is 2.35. The van der Waals surface area contributed by atoms with Gasteiger partial charge >= 0.3 is 5.69 Å². The Bertz CT molecular complexity index is 461. The highest BCUT2D eigenvalue weighted by Gasteiger charge is 2.21. The minimum Gasteiger partial charge on any atom is -0.477 e. The lowest BCUT2D eigenvalue weighted by Gasteiger charge is -2.09. The van der Waals surface area contributed by atoms with E-state index >= 15 is 0 Å². The van der Waals surface area contributed by atoms with Crippen LogP contribution in [0.5, 0.6) is 5.75 Å². The second-order valence-corrected chi connectivity index (χ2v) is 3.91. The third kappa shape index (κ3) is 3.26. The molecule has 0 amide bonds. The van der Waals surface area contributed by atoms with E-state index in [0.717, 1.165) is 12.1 Å². The number of carbonyl (C=O) groups excluding carboxylic acids is 1. The number of rotatable bonds is 6. The molecule has 0 saturated carbocycles. The van der Waals surface area contributed by atoms with Gasteiger partial charge in [-0.05, 0) is 12.5 Å². The monoisotopic (exact) mass is 255 g/mol. The highest BCUT2D eigenvalue weighted by molar-refractivity contribution is 5.82. The Morgan fingerprint density at radius 2 is 2.22 bits per heavy atom. The van der Waals surface area contributed by atoms with Gasteiger partial charge in [0.1, 0.15) is 6.61 Å². The number of ketones is 1. The van der Waals surface area contributed by atoms with E-state index in [9.17, 15) is 19.3 Å². The van der Waals surface area contributed by atoms with Crippen molar-refractivity contribution >= 4 is 11.5 Å². The molecule has 0 aromatic heterocycles. The lowest BCUT2D eigenvalue weighted by Crippen LogP contribution is -2.19. The van der Waals surface area contributed by atoms with E-state index in [2.05, 4.69) is 0 Å². The van der Waals surface area contributed by atoms with Crippen molar-refractivity contribution in [2.24, 2.45) is 5.92 Å². The molecule has 1 aromatic rings. The number of Topliss-reactive ketones (excluding diaryl/α,β-unsaturated/α-hetero) is 1. The predicted molar refractivity (Wildman–Crippen MR) is 63.0 cm³/mol. The van der Waals surface area contributed by atoms with Crippen molar-refractivity contribution in [3.05, 3.63) is 34.1 Å². The van der Waals surface area contributed by atoms with Crippen molar-refractivity contribution in [1.29, 1.82) is 0 Å². The number of hydrogen-bond acceptors (Lipinski definition) is 4. The van der Waals surface area contributed by atoms with Gasteiger partial charge in [-0.15, -0.1) is 0 Å². The van der Waals surface area contributed by atoms with Crippen LogP contribution in [-0.2, 0) is 4.79 Å². The highest BCUT2D eigenvalue weighted by atomic mass is 19.1. The molecule has 0 heterocycles. The van der Waals surface area contributed by atoms with Crippen molar-refractivity contribution in [3.8, 4) is 5.75 Å². The molecule has 0 N–H and O–H groups in total. The molecule has 1 rings (SSSR count). The van der Waals surface area contributed by atoms with Gasteiger partial charge < -0.3 is 4.74 Å². The Labute approximate surface area is 104 Å². The van der Waals surface area contributed by atoms with Gasteiger partial charge in [-0.3, -0.25) is 14.9 Å². The summed E-state index contributed by atoms with van der Waals surface area (Å²) in [6.45, 7) is 3.20. The quantitative estimate of drug-likeness (QED) is 0.579. The highest BCUT2D eigenvalue weighted by Crippen LogP contribution is 2.29. The summed E-state index contributed by atoms with van der Waals surface area (Å²) in [5.41, 5.74) is -0.480. The van der Waals surface area contributed by atoms with Gasteiger partial charge in [0.15, 0.2) is 11.6 Å². The van der Waals surface area contributed by atoms with Gasteiger partial charge in [-0.2, -0.15) is 0 Å². The van der Waals surface area contributed by atoms with Crippen LogP contribution in [0.3, 0.4) is 0 Å². The third-order valence-corrected chi connectivity index (χ3v) is 2.66. The van der Waals surface area contributed by atoms with Crippen molar-refractivity contribution in [3.63, 3.8) is 0 Å². The van der Waals surface area contributed by atoms with Crippen LogP contribution < -0.4 is 4.74 Å². The van der Waals surface area contributed by atoms with Crippen LogP contribution in [0.1, 0.15) is 20.3 Å². The Balaban J connectivity index is 2.84. The Morgan fingerprint density at radius 3 is 2.78 bits per heavy atom. The molecule has 6 heteroatoms. The van der Waals surface area contributed by atoms with Crippen LogP contribution in [0.15, 0.2) is 18.2 Å². The molecule has 0 spiro atoms. The van der Waals surface area contributed by atoms with Gasteiger partial charge in [-0.1, -0.05) is 19.9 Å². The fraction of sp³-hybridized carbons (Fsp3) is 0.417. The first-order chi connectivity index (χ1) is 8.47. The minimum absolute atomic E-state index is 0.212. The standard InChI is InChI=1S/C12H14FNO4/c1-3-8(2)11(15)7-18-12-9(13)5-4-6-10(12)14(16)17/h4-6,8H,3,7H2,1-2H3. The van der Waals surface area contributed by atoms with Crippen molar-refractivity contribution < 1.29 is 18.8 Å². The van der Waals surface area contributed by atoms with E-state index in [1.807, 2.05) is 6.92 Å². The van der Waals surface area contributed by atoms with Crippen LogP contribution in [0, 0.1) is 21.8 Å². The second kappa shape index (κ2) is 6.09. The molecule has 0 bridgehead atoms. The van der Waals surface area contributed by atoms with Crippen LogP contribution >= 0.6 is 0 Å². The SMILES string of the molecule is CCC(C)C(=O)COc1c(F)cccc1[N+](=O)[O-]. The summed E-state index contributed by atoms with van der Waals surface area (Å²) >= 11 is 0. The number of nitro benzene ring substituents is 1. The fourth-order valence-corrected chi connectivity index (χ4v) is 1.30. The number of benzene rings is 1. The van der Waals surface area contributed by atoms with Crippen LogP contribution in [-0.4, -0.2) is 17.3 Å².